The van der Waals surface area contributed by atoms with Crippen molar-refractivity contribution in [1.82, 2.24) is 4.98 Å². The number of benzene rings is 2. The lowest BCUT2D eigenvalue weighted by molar-refractivity contribution is -0.127. The second kappa shape index (κ2) is 11.5. The van der Waals surface area contributed by atoms with Crippen molar-refractivity contribution in [2.24, 2.45) is 0 Å². The Morgan fingerprint density at radius 2 is 1.59 bits per heavy atom. The summed E-state index contributed by atoms with van der Waals surface area (Å²) in [5, 5.41) is 14.7. The number of nitrogens with zero attached hydrogens (tertiary/aromatic N) is 1. The molecule has 1 aromatic heterocycles. The molecule has 0 saturated heterocycles. The molecule has 3 rings (SSSR count). The summed E-state index contributed by atoms with van der Waals surface area (Å²) in [5.41, 5.74) is 0. The summed E-state index contributed by atoms with van der Waals surface area (Å²) in [4.78, 5) is 15.9. The summed E-state index contributed by atoms with van der Waals surface area (Å²) >= 11 is 0. The van der Waals surface area contributed by atoms with Gasteiger partial charge in [0.05, 0.1) is 26.0 Å². The van der Waals surface area contributed by atoms with E-state index in [0.717, 1.165) is 6.20 Å². The van der Waals surface area contributed by atoms with E-state index in [1.54, 1.807) is 0 Å². The van der Waals surface area contributed by atoms with Crippen LogP contribution in [0.25, 0.3) is 0 Å². The van der Waals surface area contributed by atoms with Crippen LogP contribution in [0, 0.1) is 5.82 Å². The van der Waals surface area contributed by atoms with Crippen LogP contribution in [0.3, 0.4) is 0 Å². The first-order chi connectivity index (χ1) is 16.2. The van der Waals surface area contributed by atoms with Crippen molar-refractivity contribution in [3.63, 3.8) is 0 Å². The number of hydrogen-bond donors (Lipinski definition) is 2. The molecule has 8 heteroatoms. The van der Waals surface area contributed by atoms with Crippen molar-refractivity contribution < 1.29 is 23.5 Å². The molecule has 0 bridgehead atoms. The lowest BCUT2D eigenvalue weighted by Gasteiger charge is -2.43. The van der Waals surface area contributed by atoms with Gasteiger partial charge in [-0.05, 0) is 27.5 Å². The fourth-order valence-electron chi connectivity index (χ4n) is 3.95. The number of aromatic nitrogens is 1. The van der Waals surface area contributed by atoms with Gasteiger partial charge < -0.3 is 19.6 Å². The zero-order chi connectivity index (χ0) is 24.6. The Labute approximate surface area is 200 Å². The maximum absolute atomic E-state index is 12.9. The quantitative estimate of drug-likeness (QED) is 0.343. The molecule has 0 aliphatic heterocycles. The Balaban J connectivity index is 1.63. The highest BCUT2D eigenvalue weighted by Crippen LogP contribution is 2.36. The number of ether oxygens (including phenoxy) is 1. The van der Waals surface area contributed by atoms with Crippen LogP contribution in [0.2, 0.25) is 5.04 Å². The van der Waals surface area contributed by atoms with Crippen LogP contribution >= 0.6 is 0 Å². The SMILES string of the molecule is CC(C)(C)[Si](OCCOCC(O)C(=O)Nc1ccc(F)cn1)(c1ccccc1)c1ccccc1. The van der Waals surface area contributed by atoms with Crippen LogP contribution in [0.4, 0.5) is 10.2 Å². The van der Waals surface area contributed by atoms with Crippen molar-refractivity contribution in [3.05, 3.63) is 84.8 Å². The fraction of sp³-hybridized carbons (Fsp3) is 0.308. The minimum atomic E-state index is -2.66. The number of pyridine rings is 1. The molecule has 1 unspecified atom stereocenters. The molecule has 1 amide bonds. The van der Waals surface area contributed by atoms with Gasteiger partial charge in [-0.15, -0.1) is 0 Å². The first-order valence-electron chi connectivity index (χ1n) is 11.2. The highest BCUT2D eigenvalue weighted by Gasteiger charge is 2.50. The molecular weight excluding hydrogens is 451 g/mol. The van der Waals surface area contributed by atoms with Crippen molar-refractivity contribution in [1.29, 1.82) is 0 Å². The summed E-state index contributed by atoms with van der Waals surface area (Å²) in [6, 6.07) is 23.0. The zero-order valence-electron chi connectivity index (χ0n) is 19.7. The summed E-state index contributed by atoms with van der Waals surface area (Å²) in [5.74, 6) is -1.03. The molecule has 0 saturated carbocycles. The van der Waals surface area contributed by atoms with E-state index >= 15 is 0 Å². The molecule has 34 heavy (non-hydrogen) atoms. The number of carbonyl (C=O) groups excluding carboxylic acids is 1. The van der Waals surface area contributed by atoms with E-state index in [2.05, 4.69) is 55.3 Å². The second-order valence-corrected chi connectivity index (χ2v) is 13.3. The van der Waals surface area contributed by atoms with E-state index in [4.69, 9.17) is 9.16 Å². The molecule has 1 heterocycles. The largest absolute Gasteiger partial charge is 0.405 e. The number of amides is 1. The number of aliphatic hydroxyl groups is 1. The van der Waals surface area contributed by atoms with E-state index in [-0.39, 0.29) is 24.1 Å². The zero-order valence-corrected chi connectivity index (χ0v) is 20.7. The number of hydrogen-bond acceptors (Lipinski definition) is 5. The van der Waals surface area contributed by atoms with Crippen LogP contribution in [0.5, 0.6) is 0 Å². The standard InChI is InChI=1S/C26H31FN2O4Si/c1-26(2,3)34(21-10-6-4-7-11-21,22-12-8-5-9-13-22)33-17-16-32-19-23(30)25(31)29-24-15-14-20(27)18-28-24/h4-15,18,23,30H,16-17,19H2,1-3H3,(H,28,29,31). The molecule has 180 valence electrons. The third kappa shape index (κ3) is 6.15. The van der Waals surface area contributed by atoms with E-state index in [0.29, 0.717) is 6.61 Å². The van der Waals surface area contributed by atoms with Gasteiger partial charge in [-0.1, -0.05) is 81.4 Å². The fourth-order valence-corrected chi connectivity index (χ4v) is 8.49. The van der Waals surface area contributed by atoms with Crippen molar-refractivity contribution in [2.75, 3.05) is 25.1 Å². The molecular formula is C26H31FN2O4Si. The monoisotopic (exact) mass is 482 g/mol. The van der Waals surface area contributed by atoms with Crippen LogP contribution in [-0.4, -0.2) is 50.2 Å². The normalized spacial score (nSPS) is 12.9. The highest BCUT2D eigenvalue weighted by molar-refractivity contribution is 6.99. The third-order valence-corrected chi connectivity index (χ3v) is 10.6. The summed E-state index contributed by atoms with van der Waals surface area (Å²) in [6.07, 6.45) is -0.402. The van der Waals surface area contributed by atoms with Gasteiger partial charge >= 0.3 is 0 Å². The number of halogens is 1. The maximum atomic E-state index is 12.9. The average Bonchev–Trinajstić information content (AvgIpc) is 2.83. The van der Waals surface area contributed by atoms with E-state index in [1.807, 2.05) is 36.4 Å². The van der Waals surface area contributed by atoms with Crippen molar-refractivity contribution in [3.8, 4) is 0 Å². The number of aliphatic hydroxyl groups excluding tert-OH is 1. The number of nitrogens with one attached hydrogen (secondary N) is 1. The summed E-state index contributed by atoms with van der Waals surface area (Å²) in [6.45, 7) is 6.90. The van der Waals surface area contributed by atoms with Gasteiger partial charge in [0.15, 0.2) is 6.10 Å². The molecule has 0 radical (unpaired) electrons. The average molecular weight is 483 g/mol. The Bertz CT molecular complexity index is 1000. The molecule has 0 aliphatic rings. The Hall–Kier alpha value is -2.91. The number of anilines is 1. The maximum Gasteiger partial charge on any atom is 0.261 e. The van der Waals surface area contributed by atoms with Gasteiger partial charge in [0.25, 0.3) is 14.2 Å². The van der Waals surface area contributed by atoms with Gasteiger partial charge in [-0.25, -0.2) is 9.37 Å². The number of carbonyl (C=O) groups is 1. The summed E-state index contributed by atoms with van der Waals surface area (Å²) < 4.78 is 25.2. The lowest BCUT2D eigenvalue weighted by atomic mass is 10.2. The highest BCUT2D eigenvalue weighted by atomic mass is 28.4. The van der Waals surface area contributed by atoms with Gasteiger partial charge in [-0.2, -0.15) is 0 Å². The van der Waals surface area contributed by atoms with Crippen molar-refractivity contribution in [2.45, 2.75) is 31.9 Å². The predicted molar refractivity (Wildman–Crippen MR) is 133 cm³/mol. The Kier molecular flexibility index (Phi) is 8.68. The van der Waals surface area contributed by atoms with E-state index in [9.17, 15) is 14.3 Å². The van der Waals surface area contributed by atoms with E-state index < -0.39 is 26.1 Å². The predicted octanol–water partition coefficient (Wildman–Crippen LogP) is 3.11. The Morgan fingerprint density at radius 3 is 2.09 bits per heavy atom. The van der Waals surface area contributed by atoms with Gasteiger partial charge in [0.1, 0.15) is 11.6 Å². The molecule has 6 nitrogen and oxygen atoms in total. The van der Waals surface area contributed by atoms with Crippen LogP contribution in [0.15, 0.2) is 79.0 Å². The van der Waals surface area contributed by atoms with Crippen LogP contribution in [0.1, 0.15) is 20.8 Å². The molecule has 0 aliphatic carbocycles. The van der Waals surface area contributed by atoms with Gasteiger partial charge in [0.2, 0.25) is 0 Å². The van der Waals surface area contributed by atoms with Crippen LogP contribution in [-0.2, 0) is 14.0 Å². The van der Waals surface area contributed by atoms with Crippen molar-refractivity contribution >= 4 is 30.4 Å². The minimum Gasteiger partial charge on any atom is -0.405 e. The molecule has 2 aromatic carbocycles. The third-order valence-electron chi connectivity index (χ3n) is 5.52. The minimum absolute atomic E-state index is 0.153. The molecule has 0 fully saturated rings. The first kappa shape index (κ1) is 25.7. The first-order valence-corrected chi connectivity index (χ1v) is 13.1. The molecule has 3 aromatic rings. The lowest BCUT2D eigenvalue weighted by Crippen LogP contribution is -2.66. The smallest absolute Gasteiger partial charge is 0.261 e. The Morgan fingerprint density at radius 1 is 1.00 bits per heavy atom. The van der Waals surface area contributed by atoms with E-state index in [1.165, 1.54) is 22.5 Å². The summed E-state index contributed by atoms with van der Waals surface area (Å²) in [7, 11) is -2.66. The number of rotatable bonds is 10. The molecule has 2 N–H and O–H groups in total. The van der Waals surface area contributed by atoms with Gasteiger partial charge in [-0.3, -0.25) is 4.79 Å². The molecule has 0 spiro atoms. The van der Waals surface area contributed by atoms with Crippen LogP contribution < -0.4 is 15.7 Å². The second-order valence-electron chi connectivity index (χ2n) is 8.95. The van der Waals surface area contributed by atoms with Gasteiger partial charge in [0, 0.05) is 0 Å². The topological polar surface area (TPSA) is 80.7 Å². The molecule has 1 atom stereocenters.